The highest BCUT2D eigenvalue weighted by atomic mass is 127. The number of alkyl halides is 3. The molecule has 3 heterocycles. The molecule has 0 amide bonds. The molecule has 0 N–H and O–H groups in total. The Bertz CT molecular complexity index is 1280. The molecule has 1 aliphatic rings. The molecule has 11 heteroatoms. The van der Waals surface area contributed by atoms with Crippen LogP contribution in [-0.2, 0) is 12.7 Å². The molecule has 0 fully saturated rings. The Labute approximate surface area is 200 Å². The number of aromatic nitrogens is 5. The van der Waals surface area contributed by atoms with Crippen molar-refractivity contribution in [1.82, 2.24) is 24.5 Å². The lowest BCUT2D eigenvalue weighted by Crippen LogP contribution is -2.38. The second-order valence-corrected chi connectivity index (χ2v) is 9.04. The van der Waals surface area contributed by atoms with Crippen molar-refractivity contribution >= 4 is 22.6 Å². The van der Waals surface area contributed by atoms with Gasteiger partial charge in [0.05, 0.1) is 24.0 Å². The average molecular weight is 567 g/mol. The van der Waals surface area contributed by atoms with Gasteiger partial charge in [-0.25, -0.2) is 4.68 Å². The molecule has 0 spiro atoms. The van der Waals surface area contributed by atoms with E-state index in [-0.39, 0.29) is 0 Å². The van der Waals surface area contributed by atoms with E-state index in [1.165, 1.54) is 10.7 Å². The standard InChI is InChI=1S/C22H17F3IN5O2/c1-21(12-30-11-19(26)27-20(30)33-21)13-32-17-7-5-16(6-8-17)31-10-18(28-29-31)14-3-2-4-15(9-14)22(23,24)25/h2-11H,12-13H2,1H3/t21-/m1/s1. The molecule has 1 atom stereocenters. The van der Waals surface area contributed by atoms with E-state index in [1.54, 1.807) is 36.5 Å². The van der Waals surface area contributed by atoms with E-state index in [2.05, 4.69) is 37.9 Å². The van der Waals surface area contributed by atoms with Crippen molar-refractivity contribution in [2.75, 3.05) is 6.61 Å². The van der Waals surface area contributed by atoms with Crippen molar-refractivity contribution in [3.05, 3.63) is 70.2 Å². The van der Waals surface area contributed by atoms with Gasteiger partial charge in [0, 0.05) is 11.8 Å². The van der Waals surface area contributed by atoms with Crippen LogP contribution >= 0.6 is 22.6 Å². The fourth-order valence-electron chi connectivity index (χ4n) is 3.56. The minimum Gasteiger partial charge on any atom is -0.489 e. The molecule has 0 unspecified atom stereocenters. The molecule has 1 aliphatic heterocycles. The summed E-state index contributed by atoms with van der Waals surface area (Å²) in [6.07, 6.45) is -0.898. The van der Waals surface area contributed by atoms with Crippen molar-refractivity contribution in [1.29, 1.82) is 0 Å². The van der Waals surface area contributed by atoms with E-state index in [9.17, 15) is 13.2 Å². The molecule has 0 bridgehead atoms. The van der Waals surface area contributed by atoms with Gasteiger partial charge < -0.3 is 9.47 Å². The van der Waals surface area contributed by atoms with Crippen molar-refractivity contribution in [3.63, 3.8) is 0 Å². The Kier molecular flexibility index (Phi) is 5.30. The number of hydrogen-bond donors (Lipinski definition) is 0. The summed E-state index contributed by atoms with van der Waals surface area (Å²) < 4.78 is 55.1. The number of halogens is 4. The van der Waals surface area contributed by atoms with Crippen LogP contribution in [0.3, 0.4) is 0 Å². The highest BCUT2D eigenvalue weighted by Crippen LogP contribution is 2.32. The van der Waals surface area contributed by atoms with Gasteiger partial charge in [-0.2, -0.15) is 18.2 Å². The molecular weight excluding hydrogens is 550 g/mol. The normalized spacial score (nSPS) is 17.6. The summed E-state index contributed by atoms with van der Waals surface area (Å²) in [5.74, 6) is 0.654. The van der Waals surface area contributed by atoms with E-state index < -0.39 is 17.3 Å². The summed E-state index contributed by atoms with van der Waals surface area (Å²) in [5, 5.41) is 8.06. The highest BCUT2D eigenvalue weighted by molar-refractivity contribution is 14.1. The zero-order chi connectivity index (χ0) is 23.2. The number of benzene rings is 2. The van der Waals surface area contributed by atoms with E-state index in [0.29, 0.717) is 41.9 Å². The summed E-state index contributed by atoms with van der Waals surface area (Å²) in [6, 6.07) is 12.8. The number of hydrogen-bond acceptors (Lipinski definition) is 5. The second-order valence-electron chi connectivity index (χ2n) is 7.94. The number of imidazole rings is 1. The average Bonchev–Trinajstić information content (AvgIpc) is 3.46. The molecular formula is C22H17F3IN5O2. The molecule has 2 aromatic heterocycles. The van der Waals surface area contributed by atoms with Crippen LogP contribution in [0.15, 0.2) is 60.9 Å². The Morgan fingerprint density at radius 2 is 1.94 bits per heavy atom. The Hall–Kier alpha value is -3.09. The first-order valence-electron chi connectivity index (χ1n) is 9.93. The Morgan fingerprint density at radius 1 is 1.15 bits per heavy atom. The van der Waals surface area contributed by atoms with Crippen LogP contribution in [0.25, 0.3) is 16.9 Å². The topological polar surface area (TPSA) is 67.0 Å². The Morgan fingerprint density at radius 3 is 2.67 bits per heavy atom. The summed E-state index contributed by atoms with van der Waals surface area (Å²) in [5.41, 5.74) is 0.146. The molecule has 4 aromatic rings. The molecule has 0 aliphatic carbocycles. The summed E-state index contributed by atoms with van der Waals surface area (Å²) in [4.78, 5) is 4.33. The van der Waals surface area contributed by atoms with Crippen molar-refractivity contribution in [2.24, 2.45) is 0 Å². The van der Waals surface area contributed by atoms with Gasteiger partial charge in [0.1, 0.15) is 21.8 Å². The maximum atomic E-state index is 13.0. The zero-order valence-electron chi connectivity index (χ0n) is 17.3. The lowest BCUT2D eigenvalue weighted by molar-refractivity contribution is -0.137. The van der Waals surface area contributed by atoms with Gasteiger partial charge in [-0.1, -0.05) is 17.3 Å². The maximum absolute atomic E-state index is 13.0. The van der Waals surface area contributed by atoms with E-state index in [1.807, 2.05) is 17.7 Å². The van der Waals surface area contributed by atoms with Crippen molar-refractivity contribution < 1.29 is 22.6 Å². The van der Waals surface area contributed by atoms with Crippen LogP contribution in [-0.4, -0.2) is 36.8 Å². The molecule has 170 valence electrons. The SMILES string of the molecule is C[C@]1(COc2ccc(-n3cc(-c4cccc(C(F)(F)F)c4)nn3)cc2)Cn2cc(I)nc2O1. The Balaban J connectivity index is 1.25. The molecule has 0 saturated heterocycles. The first kappa shape index (κ1) is 21.7. The number of nitrogens with zero attached hydrogens (tertiary/aromatic N) is 5. The molecule has 2 aromatic carbocycles. The molecule has 0 saturated carbocycles. The van der Waals surface area contributed by atoms with Gasteiger partial charge in [0.25, 0.3) is 6.01 Å². The van der Waals surface area contributed by atoms with Crippen LogP contribution < -0.4 is 9.47 Å². The zero-order valence-corrected chi connectivity index (χ0v) is 19.4. The van der Waals surface area contributed by atoms with Crippen molar-refractivity contribution in [2.45, 2.75) is 25.2 Å². The van der Waals surface area contributed by atoms with Gasteiger partial charge in [-0.15, -0.1) is 5.10 Å². The predicted molar refractivity (Wildman–Crippen MR) is 121 cm³/mol. The number of fused-ring (bicyclic) bond motifs is 1. The van der Waals surface area contributed by atoms with Crippen molar-refractivity contribution in [3.8, 4) is 28.7 Å². The summed E-state index contributed by atoms with van der Waals surface area (Å²) in [6.45, 7) is 2.95. The molecule has 33 heavy (non-hydrogen) atoms. The first-order valence-corrected chi connectivity index (χ1v) is 11.0. The van der Waals surface area contributed by atoms with Crippen LogP contribution in [0.2, 0.25) is 0 Å². The smallest absolute Gasteiger partial charge is 0.416 e. The van der Waals surface area contributed by atoms with Gasteiger partial charge in [0.2, 0.25) is 0 Å². The lowest BCUT2D eigenvalue weighted by Gasteiger charge is -2.22. The van der Waals surface area contributed by atoms with Gasteiger partial charge in [0.15, 0.2) is 5.60 Å². The van der Waals surface area contributed by atoms with E-state index >= 15 is 0 Å². The molecule has 7 nitrogen and oxygen atoms in total. The van der Waals surface area contributed by atoms with Crippen LogP contribution in [0.4, 0.5) is 13.2 Å². The third-order valence-corrected chi connectivity index (χ3v) is 5.70. The fourth-order valence-corrected chi connectivity index (χ4v) is 4.10. The van der Waals surface area contributed by atoms with E-state index in [0.717, 1.165) is 15.8 Å². The maximum Gasteiger partial charge on any atom is 0.416 e. The number of rotatable bonds is 5. The summed E-state index contributed by atoms with van der Waals surface area (Å²) >= 11 is 2.14. The minimum atomic E-state index is -4.42. The molecule has 0 radical (unpaired) electrons. The van der Waals surface area contributed by atoms with E-state index in [4.69, 9.17) is 9.47 Å². The third-order valence-electron chi connectivity index (χ3n) is 5.18. The van der Waals surface area contributed by atoms with Gasteiger partial charge in [-0.05, 0) is 65.9 Å². The van der Waals surface area contributed by atoms with Crippen LogP contribution in [0.1, 0.15) is 12.5 Å². The largest absolute Gasteiger partial charge is 0.489 e. The minimum absolute atomic E-state index is 0.343. The lowest BCUT2D eigenvalue weighted by atomic mass is 10.1. The third kappa shape index (κ3) is 4.54. The number of ether oxygens (including phenoxy) is 2. The first-order chi connectivity index (χ1) is 15.7. The van der Waals surface area contributed by atoms with Gasteiger partial charge in [-0.3, -0.25) is 4.57 Å². The summed E-state index contributed by atoms with van der Waals surface area (Å²) in [7, 11) is 0. The van der Waals surface area contributed by atoms with Crippen LogP contribution in [0, 0.1) is 3.70 Å². The van der Waals surface area contributed by atoms with Crippen LogP contribution in [0.5, 0.6) is 11.8 Å². The second kappa shape index (κ2) is 8.04. The van der Waals surface area contributed by atoms with Gasteiger partial charge >= 0.3 is 6.18 Å². The monoisotopic (exact) mass is 567 g/mol. The predicted octanol–water partition coefficient (Wildman–Crippen LogP) is 4.98. The highest BCUT2D eigenvalue weighted by Gasteiger charge is 2.37. The molecule has 5 rings (SSSR count). The fraction of sp³-hybridized carbons (Fsp3) is 0.227. The quantitative estimate of drug-likeness (QED) is 0.319.